The molecule has 0 spiro atoms. The van der Waals surface area contributed by atoms with Crippen LogP contribution in [0.15, 0.2) is 24.3 Å². The highest BCUT2D eigenvalue weighted by Crippen LogP contribution is 2.31. The van der Waals surface area contributed by atoms with Crippen LogP contribution < -0.4 is 11.1 Å². The van der Waals surface area contributed by atoms with Gasteiger partial charge in [-0.2, -0.15) is 0 Å². The second-order valence-corrected chi connectivity index (χ2v) is 5.73. The quantitative estimate of drug-likeness (QED) is 0.775. The van der Waals surface area contributed by atoms with Crippen LogP contribution in [0.1, 0.15) is 25.3 Å². The topological polar surface area (TPSA) is 90.7 Å². The van der Waals surface area contributed by atoms with Crippen LogP contribution in [0.5, 0.6) is 0 Å². The molecule has 0 saturated carbocycles. The Balaban J connectivity index is 2.04. The molecule has 6 nitrogen and oxygen atoms in total. The minimum Gasteiger partial charge on any atom is -0.466 e. The van der Waals surface area contributed by atoms with E-state index in [0.29, 0.717) is 44.9 Å². The molecule has 1 saturated heterocycles. The smallest absolute Gasteiger partial charge is 0.310 e. The Bertz CT molecular complexity index is 553. The second-order valence-electron chi connectivity index (χ2n) is 5.73. The Morgan fingerprint density at radius 1 is 1.35 bits per heavy atom. The van der Waals surface area contributed by atoms with Crippen LogP contribution in [-0.2, 0) is 25.5 Å². The number of carbonyl (C=O) groups is 2. The number of benzene rings is 1. The van der Waals surface area contributed by atoms with E-state index < -0.39 is 5.41 Å². The number of carbonyl (C=O) groups excluding carboxylic acids is 2. The van der Waals surface area contributed by atoms with Gasteiger partial charge in [0.1, 0.15) is 0 Å². The third-order valence-electron chi connectivity index (χ3n) is 4.16. The van der Waals surface area contributed by atoms with Crippen molar-refractivity contribution < 1.29 is 19.1 Å². The predicted molar refractivity (Wildman–Crippen MR) is 86.9 cm³/mol. The lowest BCUT2D eigenvalue weighted by molar-refractivity contribution is -0.142. The van der Waals surface area contributed by atoms with Gasteiger partial charge >= 0.3 is 5.97 Å². The average Bonchev–Trinajstić information content (AvgIpc) is 2.56. The van der Waals surface area contributed by atoms with Crippen LogP contribution in [0, 0.1) is 5.41 Å². The maximum Gasteiger partial charge on any atom is 0.310 e. The fourth-order valence-electron chi connectivity index (χ4n) is 2.69. The van der Waals surface area contributed by atoms with E-state index in [1.165, 1.54) is 0 Å². The zero-order chi connectivity index (χ0) is 16.7. The molecular formula is C17H24N2O4. The van der Waals surface area contributed by atoms with Gasteiger partial charge in [-0.05, 0) is 37.5 Å². The molecule has 126 valence electrons. The van der Waals surface area contributed by atoms with E-state index in [4.69, 9.17) is 15.2 Å². The van der Waals surface area contributed by atoms with E-state index in [0.717, 1.165) is 5.56 Å². The number of nitrogens with one attached hydrogen (secondary N) is 1. The molecule has 2 rings (SSSR count). The second kappa shape index (κ2) is 8.08. The van der Waals surface area contributed by atoms with Gasteiger partial charge in [-0.25, -0.2) is 0 Å². The van der Waals surface area contributed by atoms with E-state index >= 15 is 0 Å². The van der Waals surface area contributed by atoms with Crippen LogP contribution in [-0.4, -0.2) is 38.2 Å². The molecule has 0 aromatic heterocycles. The van der Waals surface area contributed by atoms with Gasteiger partial charge in [0.2, 0.25) is 5.91 Å². The highest BCUT2D eigenvalue weighted by molar-refractivity contribution is 5.95. The SMILES string of the molecule is CCOC(=O)Cc1cccc(NC(=O)C2(CN)CCOCC2)c1. The van der Waals surface area contributed by atoms with Crippen molar-refractivity contribution in [3.63, 3.8) is 0 Å². The van der Waals surface area contributed by atoms with Crippen molar-refractivity contribution in [2.75, 3.05) is 31.7 Å². The standard InChI is InChI=1S/C17H24N2O4/c1-2-23-15(20)11-13-4-3-5-14(10-13)19-16(21)17(12-18)6-8-22-9-7-17/h3-5,10H,2,6-9,11-12,18H2,1H3,(H,19,21). The summed E-state index contributed by atoms with van der Waals surface area (Å²) in [6, 6.07) is 7.23. The first-order chi connectivity index (χ1) is 11.1. The van der Waals surface area contributed by atoms with Crippen LogP contribution >= 0.6 is 0 Å². The molecule has 0 atom stereocenters. The lowest BCUT2D eigenvalue weighted by Crippen LogP contribution is -2.46. The molecule has 1 aliphatic heterocycles. The summed E-state index contributed by atoms with van der Waals surface area (Å²) >= 11 is 0. The summed E-state index contributed by atoms with van der Waals surface area (Å²) in [5.74, 6) is -0.365. The summed E-state index contributed by atoms with van der Waals surface area (Å²) in [7, 11) is 0. The fraction of sp³-hybridized carbons (Fsp3) is 0.529. The lowest BCUT2D eigenvalue weighted by atomic mass is 9.79. The van der Waals surface area contributed by atoms with Gasteiger partial charge in [-0.3, -0.25) is 9.59 Å². The van der Waals surface area contributed by atoms with Gasteiger partial charge in [0.25, 0.3) is 0 Å². The molecule has 0 aliphatic carbocycles. The molecule has 1 amide bonds. The Morgan fingerprint density at radius 3 is 2.74 bits per heavy atom. The summed E-state index contributed by atoms with van der Waals surface area (Å²) in [6.45, 7) is 3.52. The normalized spacial score (nSPS) is 16.6. The van der Waals surface area contributed by atoms with Gasteiger partial charge in [0.05, 0.1) is 18.4 Å². The summed E-state index contributed by atoms with van der Waals surface area (Å²) < 4.78 is 10.3. The lowest BCUT2D eigenvalue weighted by Gasteiger charge is -2.34. The van der Waals surface area contributed by atoms with Crippen molar-refractivity contribution >= 4 is 17.6 Å². The van der Waals surface area contributed by atoms with Gasteiger partial charge < -0.3 is 20.5 Å². The van der Waals surface area contributed by atoms with Gasteiger partial charge in [0.15, 0.2) is 0 Å². The fourth-order valence-corrected chi connectivity index (χ4v) is 2.69. The zero-order valence-electron chi connectivity index (χ0n) is 13.5. The van der Waals surface area contributed by atoms with E-state index in [1.54, 1.807) is 19.1 Å². The summed E-state index contributed by atoms with van der Waals surface area (Å²) in [4.78, 5) is 24.2. The number of anilines is 1. The van der Waals surface area contributed by atoms with Gasteiger partial charge in [-0.15, -0.1) is 0 Å². The van der Waals surface area contributed by atoms with E-state index in [9.17, 15) is 9.59 Å². The largest absolute Gasteiger partial charge is 0.466 e. The minimum atomic E-state index is -0.574. The van der Waals surface area contributed by atoms with Crippen LogP contribution in [0.25, 0.3) is 0 Å². The Kier molecular flexibility index (Phi) is 6.12. The van der Waals surface area contributed by atoms with Crippen molar-refractivity contribution in [1.29, 1.82) is 0 Å². The first-order valence-electron chi connectivity index (χ1n) is 7.93. The van der Waals surface area contributed by atoms with E-state index in [1.807, 2.05) is 12.1 Å². The van der Waals surface area contributed by atoms with E-state index in [2.05, 4.69) is 5.32 Å². The third-order valence-corrected chi connectivity index (χ3v) is 4.16. The number of rotatable bonds is 6. The molecular weight excluding hydrogens is 296 g/mol. The first-order valence-corrected chi connectivity index (χ1v) is 7.93. The van der Waals surface area contributed by atoms with Crippen LogP contribution in [0.3, 0.4) is 0 Å². The summed E-state index contributed by atoms with van der Waals surface area (Å²) in [5, 5.41) is 2.92. The molecule has 1 aromatic rings. The number of hydrogen-bond donors (Lipinski definition) is 2. The number of nitrogens with two attached hydrogens (primary N) is 1. The molecule has 0 bridgehead atoms. The first kappa shape index (κ1) is 17.4. The highest BCUT2D eigenvalue weighted by atomic mass is 16.5. The number of hydrogen-bond acceptors (Lipinski definition) is 5. The average molecular weight is 320 g/mol. The van der Waals surface area contributed by atoms with Crippen molar-refractivity contribution in [3.8, 4) is 0 Å². The summed E-state index contributed by atoms with van der Waals surface area (Å²) in [5.41, 5.74) is 6.73. The Morgan fingerprint density at radius 2 is 2.09 bits per heavy atom. The Hall–Kier alpha value is -1.92. The molecule has 1 aromatic carbocycles. The number of ether oxygens (including phenoxy) is 2. The molecule has 23 heavy (non-hydrogen) atoms. The number of amides is 1. The zero-order valence-corrected chi connectivity index (χ0v) is 13.5. The van der Waals surface area contributed by atoms with Gasteiger partial charge in [0, 0.05) is 25.4 Å². The maximum atomic E-state index is 12.6. The molecule has 1 fully saturated rings. The molecule has 3 N–H and O–H groups in total. The van der Waals surface area contributed by atoms with Crippen LogP contribution in [0.2, 0.25) is 0 Å². The monoisotopic (exact) mass is 320 g/mol. The van der Waals surface area contributed by atoms with E-state index in [-0.39, 0.29) is 18.3 Å². The Labute approximate surface area is 136 Å². The highest BCUT2D eigenvalue weighted by Gasteiger charge is 2.38. The molecule has 1 aliphatic rings. The van der Waals surface area contributed by atoms with Crippen molar-refractivity contribution in [2.45, 2.75) is 26.2 Å². The predicted octanol–water partition coefficient (Wildman–Crippen LogP) is 1.49. The molecule has 1 heterocycles. The summed E-state index contributed by atoms with van der Waals surface area (Å²) in [6.07, 6.45) is 1.43. The van der Waals surface area contributed by atoms with Crippen LogP contribution in [0.4, 0.5) is 5.69 Å². The van der Waals surface area contributed by atoms with Crippen molar-refractivity contribution in [1.82, 2.24) is 0 Å². The minimum absolute atomic E-state index is 0.0865. The van der Waals surface area contributed by atoms with Crippen molar-refractivity contribution in [3.05, 3.63) is 29.8 Å². The maximum absolute atomic E-state index is 12.6. The molecule has 0 unspecified atom stereocenters. The van der Waals surface area contributed by atoms with Crippen molar-refractivity contribution in [2.24, 2.45) is 11.1 Å². The molecule has 6 heteroatoms. The third kappa shape index (κ3) is 4.53. The number of esters is 1. The van der Waals surface area contributed by atoms with Gasteiger partial charge in [-0.1, -0.05) is 12.1 Å². The molecule has 0 radical (unpaired) electrons.